The van der Waals surface area contributed by atoms with Crippen molar-refractivity contribution in [2.24, 2.45) is 0 Å². The molecule has 1 rings (SSSR count). The molecule has 0 spiro atoms. The van der Waals surface area contributed by atoms with Gasteiger partial charge in [0.15, 0.2) is 0 Å². The quantitative estimate of drug-likeness (QED) is 0.685. The first-order valence-electron chi connectivity index (χ1n) is 4.56. The van der Waals surface area contributed by atoms with Crippen LogP contribution >= 0.6 is 0 Å². The van der Waals surface area contributed by atoms with Gasteiger partial charge >= 0.3 is 0 Å². The number of benzene rings is 1. The zero-order chi connectivity index (χ0) is 9.52. The van der Waals surface area contributed by atoms with Gasteiger partial charge in [-0.1, -0.05) is 36.3 Å². The molecule has 1 N–H and O–H groups in total. The molecule has 0 aliphatic heterocycles. The van der Waals surface area contributed by atoms with E-state index in [9.17, 15) is 0 Å². The number of hydrogen-bond acceptors (Lipinski definition) is 1. The Morgan fingerprint density at radius 1 is 1.38 bits per heavy atom. The SMILES string of the molecule is C#CC(C)NCCc1ccccc1. The third-order valence-electron chi connectivity index (χ3n) is 1.96. The lowest BCUT2D eigenvalue weighted by Crippen LogP contribution is -2.26. The number of hydrogen-bond donors (Lipinski definition) is 1. The lowest BCUT2D eigenvalue weighted by molar-refractivity contribution is 0.646. The Morgan fingerprint density at radius 3 is 2.69 bits per heavy atom. The van der Waals surface area contributed by atoms with Gasteiger partial charge in [0.05, 0.1) is 6.04 Å². The van der Waals surface area contributed by atoms with Gasteiger partial charge in [0.25, 0.3) is 0 Å². The molecule has 1 atom stereocenters. The first kappa shape index (κ1) is 9.83. The van der Waals surface area contributed by atoms with Crippen molar-refractivity contribution in [1.29, 1.82) is 0 Å². The molecule has 0 saturated carbocycles. The molecule has 0 aromatic heterocycles. The number of nitrogens with one attached hydrogen (secondary N) is 1. The highest BCUT2D eigenvalue weighted by molar-refractivity contribution is 5.14. The van der Waals surface area contributed by atoms with E-state index in [1.54, 1.807) is 0 Å². The fraction of sp³-hybridized carbons (Fsp3) is 0.333. The number of rotatable bonds is 4. The van der Waals surface area contributed by atoms with Gasteiger partial charge in [-0.2, -0.15) is 0 Å². The fourth-order valence-electron chi connectivity index (χ4n) is 1.14. The first-order chi connectivity index (χ1) is 6.33. The van der Waals surface area contributed by atoms with Crippen molar-refractivity contribution in [3.63, 3.8) is 0 Å². The van der Waals surface area contributed by atoms with Gasteiger partial charge < -0.3 is 5.32 Å². The Labute approximate surface area is 80.2 Å². The molecular weight excluding hydrogens is 158 g/mol. The van der Waals surface area contributed by atoms with Gasteiger partial charge in [-0.25, -0.2) is 0 Å². The average Bonchev–Trinajstić information content (AvgIpc) is 2.19. The second kappa shape index (κ2) is 5.40. The van der Waals surface area contributed by atoms with Gasteiger partial charge in [0.1, 0.15) is 0 Å². The molecule has 0 aliphatic carbocycles. The Balaban J connectivity index is 2.25. The van der Waals surface area contributed by atoms with E-state index >= 15 is 0 Å². The third kappa shape index (κ3) is 3.78. The average molecular weight is 173 g/mol. The van der Waals surface area contributed by atoms with Crippen LogP contribution in [0.3, 0.4) is 0 Å². The van der Waals surface area contributed by atoms with Gasteiger partial charge in [0.2, 0.25) is 0 Å². The summed E-state index contributed by atoms with van der Waals surface area (Å²) < 4.78 is 0. The molecule has 1 heteroatoms. The maximum atomic E-state index is 5.24. The monoisotopic (exact) mass is 173 g/mol. The largest absolute Gasteiger partial charge is 0.304 e. The molecule has 1 aromatic carbocycles. The summed E-state index contributed by atoms with van der Waals surface area (Å²) in [5.74, 6) is 2.64. The highest BCUT2D eigenvalue weighted by Gasteiger charge is 1.94. The summed E-state index contributed by atoms with van der Waals surface area (Å²) in [4.78, 5) is 0. The highest BCUT2D eigenvalue weighted by atomic mass is 14.9. The van der Waals surface area contributed by atoms with Crippen molar-refractivity contribution >= 4 is 0 Å². The Morgan fingerprint density at radius 2 is 2.08 bits per heavy atom. The molecule has 1 nitrogen and oxygen atoms in total. The summed E-state index contributed by atoms with van der Waals surface area (Å²) in [6, 6.07) is 10.6. The second-order valence-electron chi connectivity index (χ2n) is 3.08. The summed E-state index contributed by atoms with van der Waals surface area (Å²) in [7, 11) is 0. The molecule has 68 valence electrons. The Bertz CT molecular complexity index is 271. The van der Waals surface area contributed by atoms with E-state index in [4.69, 9.17) is 6.42 Å². The van der Waals surface area contributed by atoms with Crippen LogP contribution in [-0.4, -0.2) is 12.6 Å². The zero-order valence-electron chi connectivity index (χ0n) is 7.96. The third-order valence-corrected chi connectivity index (χ3v) is 1.96. The van der Waals surface area contributed by atoms with Crippen LogP contribution < -0.4 is 5.32 Å². The smallest absolute Gasteiger partial charge is 0.0658 e. The van der Waals surface area contributed by atoms with Gasteiger partial charge in [-0.05, 0) is 18.9 Å². The lowest BCUT2D eigenvalue weighted by Gasteiger charge is -2.06. The predicted octanol–water partition coefficient (Wildman–Crippen LogP) is 1.84. The van der Waals surface area contributed by atoms with Crippen molar-refractivity contribution in [2.75, 3.05) is 6.54 Å². The fourth-order valence-corrected chi connectivity index (χ4v) is 1.14. The summed E-state index contributed by atoms with van der Waals surface area (Å²) in [5.41, 5.74) is 1.35. The Kier molecular flexibility index (Phi) is 4.08. The summed E-state index contributed by atoms with van der Waals surface area (Å²) in [6.07, 6.45) is 6.27. The van der Waals surface area contributed by atoms with E-state index < -0.39 is 0 Å². The van der Waals surface area contributed by atoms with E-state index in [2.05, 4.69) is 35.5 Å². The molecule has 1 aromatic rings. The maximum Gasteiger partial charge on any atom is 0.0658 e. The van der Waals surface area contributed by atoms with Crippen LogP contribution in [0, 0.1) is 12.3 Å². The highest BCUT2D eigenvalue weighted by Crippen LogP contribution is 1.98. The van der Waals surface area contributed by atoms with Gasteiger partial charge in [-0.3, -0.25) is 0 Å². The Hall–Kier alpha value is -1.26. The minimum Gasteiger partial charge on any atom is -0.304 e. The van der Waals surface area contributed by atoms with Crippen LogP contribution in [0.4, 0.5) is 0 Å². The molecule has 13 heavy (non-hydrogen) atoms. The first-order valence-corrected chi connectivity index (χ1v) is 4.56. The predicted molar refractivity (Wildman–Crippen MR) is 56.4 cm³/mol. The van der Waals surface area contributed by atoms with Crippen LogP contribution in [0.5, 0.6) is 0 Å². The van der Waals surface area contributed by atoms with Crippen LogP contribution in [-0.2, 0) is 6.42 Å². The zero-order valence-corrected chi connectivity index (χ0v) is 7.96. The van der Waals surface area contributed by atoms with E-state index in [0.717, 1.165) is 13.0 Å². The molecule has 0 heterocycles. The molecule has 0 fully saturated rings. The normalized spacial score (nSPS) is 12.0. The van der Waals surface area contributed by atoms with Crippen LogP contribution in [0.25, 0.3) is 0 Å². The topological polar surface area (TPSA) is 12.0 Å². The summed E-state index contributed by atoms with van der Waals surface area (Å²) in [6.45, 7) is 2.93. The van der Waals surface area contributed by atoms with Crippen LogP contribution in [0.2, 0.25) is 0 Å². The standard InChI is InChI=1S/C12H15N/c1-3-11(2)13-10-9-12-7-5-4-6-8-12/h1,4-8,11,13H,9-10H2,2H3. The molecule has 1 unspecified atom stereocenters. The van der Waals surface area contributed by atoms with Crippen molar-refractivity contribution in [2.45, 2.75) is 19.4 Å². The lowest BCUT2D eigenvalue weighted by atomic mass is 10.1. The maximum absolute atomic E-state index is 5.24. The van der Waals surface area contributed by atoms with E-state index in [0.29, 0.717) is 0 Å². The van der Waals surface area contributed by atoms with Crippen molar-refractivity contribution in [3.8, 4) is 12.3 Å². The summed E-state index contributed by atoms with van der Waals surface area (Å²) in [5, 5.41) is 3.24. The number of terminal acetylenes is 1. The van der Waals surface area contributed by atoms with Crippen molar-refractivity contribution in [3.05, 3.63) is 35.9 Å². The van der Waals surface area contributed by atoms with Gasteiger partial charge in [-0.15, -0.1) is 6.42 Å². The summed E-state index contributed by atoms with van der Waals surface area (Å²) >= 11 is 0. The molecule has 0 aliphatic rings. The van der Waals surface area contributed by atoms with E-state index in [1.807, 2.05) is 13.0 Å². The molecule has 0 saturated heterocycles. The molecule has 0 radical (unpaired) electrons. The van der Waals surface area contributed by atoms with Crippen molar-refractivity contribution < 1.29 is 0 Å². The molecular formula is C12H15N. The van der Waals surface area contributed by atoms with Crippen LogP contribution in [0.15, 0.2) is 30.3 Å². The van der Waals surface area contributed by atoms with Gasteiger partial charge in [0, 0.05) is 6.54 Å². The molecule has 0 bridgehead atoms. The minimum absolute atomic E-state index is 0.170. The van der Waals surface area contributed by atoms with E-state index in [1.165, 1.54) is 5.56 Å². The van der Waals surface area contributed by atoms with Crippen molar-refractivity contribution in [1.82, 2.24) is 5.32 Å². The van der Waals surface area contributed by atoms with Crippen LogP contribution in [0.1, 0.15) is 12.5 Å². The second-order valence-corrected chi connectivity index (χ2v) is 3.08. The van der Waals surface area contributed by atoms with E-state index in [-0.39, 0.29) is 6.04 Å². The molecule has 0 amide bonds. The minimum atomic E-state index is 0.170.